The predicted molar refractivity (Wildman–Crippen MR) is 75.7 cm³/mol. The SMILES string of the molecule is CCC1CNC(C)(C2CC2)CN1Cc1cscn1. The molecule has 3 nitrogen and oxygen atoms in total. The molecule has 3 rings (SSSR count). The summed E-state index contributed by atoms with van der Waals surface area (Å²) < 4.78 is 0. The van der Waals surface area contributed by atoms with Crippen molar-refractivity contribution in [2.45, 2.75) is 51.2 Å². The molecule has 1 aliphatic heterocycles. The second-order valence-corrected chi connectivity index (χ2v) is 6.74. The van der Waals surface area contributed by atoms with Crippen molar-refractivity contribution in [1.29, 1.82) is 0 Å². The summed E-state index contributed by atoms with van der Waals surface area (Å²) in [6.07, 6.45) is 4.04. The van der Waals surface area contributed by atoms with Gasteiger partial charge in [0.05, 0.1) is 11.2 Å². The maximum atomic E-state index is 4.44. The Hall–Kier alpha value is -0.450. The first-order chi connectivity index (χ1) is 8.71. The molecule has 1 saturated carbocycles. The molecule has 0 spiro atoms. The summed E-state index contributed by atoms with van der Waals surface area (Å²) in [5.74, 6) is 0.897. The highest BCUT2D eigenvalue weighted by Crippen LogP contribution is 2.41. The van der Waals surface area contributed by atoms with Crippen molar-refractivity contribution in [2.75, 3.05) is 13.1 Å². The lowest BCUT2D eigenvalue weighted by molar-refractivity contribution is 0.0657. The quantitative estimate of drug-likeness (QED) is 0.906. The van der Waals surface area contributed by atoms with Gasteiger partial charge in [0, 0.05) is 36.6 Å². The predicted octanol–water partition coefficient (Wildman–Crippen LogP) is 2.50. The van der Waals surface area contributed by atoms with Gasteiger partial charge in [-0.05, 0) is 32.1 Å². The van der Waals surface area contributed by atoms with Crippen molar-refractivity contribution >= 4 is 11.3 Å². The van der Waals surface area contributed by atoms with Crippen molar-refractivity contribution in [3.8, 4) is 0 Å². The van der Waals surface area contributed by atoms with Crippen LogP contribution < -0.4 is 5.32 Å². The van der Waals surface area contributed by atoms with E-state index in [9.17, 15) is 0 Å². The number of nitrogens with one attached hydrogen (secondary N) is 1. The minimum atomic E-state index is 0.335. The summed E-state index contributed by atoms with van der Waals surface area (Å²) >= 11 is 1.70. The van der Waals surface area contributed by atoms with Gasteiger partial charge in [-0.15, -0.1) is 11.3 Å². The largest absolute Gasteiger partial charge is 0.308 e. The summed E-state index contributed by atoms with van der Waals surface area (Å²) in [6, 6.07) is 0.665. The minimum absolute atomic E-state index is 0.335. The average Bonchev–Trinajstić information content (AvgIpc) is 3.11. The maximum absolute atomic E-state index is 4.44. The maximum Gasteiger partial charge on any atom is 0.0795 e. The number of nitrogens with zero attached hydrogens (tertiary/aromatic N) is 2. The van der Waals surface area contributed by atoms with E-state index in [1.165, 1.54) is 31.5 Å². The highest BCUT2D eigenvalue weighted by atomic mass is 32.1. The van der Waals surface area contributed by atoms with Gasteiger partial charge in [0.25, 0.3) is 0 Å². The van der Waals surface area contributed by atoms with Crippen molar-refractivity contribution in [3.63, 3.8) is 0 Å². The van der Waals surface area contributed by atoms with Crippen LogP contribution in [0.4, 0.5) is 0 Å². The monoisotopic (exact) mass is 265 g/mol. The van der Waals surface area contributed by atoms with Gasteiger partial charge in [0.2, 0.25) is 0 Å². The van der Waals surface area contributed by atoms with Crippen LogP contribution in [0.1, 0.15) is 38.8 Å². The Bertz CT molecular complexity index is 388. The van der Waals surface area contributed by atoms with Gasteiger partial charge in [0.1, 0.15) is 0 Å². The fraction of sp³-hybridized carbons (Fsp3) is 0.786. The minimum Gasteiger partial charge on any atom is -0.308 e. The Morgan fingerprint density at radius 3 is 3.00 bits per heavy atom. The molecule has 0 aromatic carbocycles. The lowest BCUT2D eigenvalue weighted by atomic mass is 9.90. The summed E-state index contributed by atoms with van der Waals surface area (Å²) in [4.78, 5) is 7.09. The molecule has 4 heteroatoms. The van der Waals surface area contributed by atoms with E-state index in [2.05, 4.69) is 34.4 Å². The van der Waals surface area contributed by atoms with E-state index in [-0.39, 0.29) is 0 Å². The van der Waals surface area contributed by atoms with Crippen LogP contribution in [0.3, 0.4) is 0 Å². The third-order valence-electron chi connectivity index (χ3n) is 4.59. The van der Waals surface area contributed by atoms with Crippen LogP contribution in [0.5, 0.6) is 0 Å². The third kappa shape index (κ3) is 2.46. The van der Waals surface area contributed by atoms with Gasteiger partial charge in [0.15, 0.2) is 0 Å². The number of thiazole rings is 1. The first kappa shape index (κ1) is 12.6. The Kier molecular flexibility index (Phi) is 3.43. The molecule has 2 fully saturated rings. The highest BCUT2D eigenvalue weighted by Gasteiger charge is 2.45. The molecule has 2 heterocycles. The fourth-order valence-corrected chi connectivity index (χ4v) is 3.74. The molecular formula is C14H23N3S. The van der Waals surface area contributed by atoms with E-state index in [0.29, 0.717) is 11.6 Å². The zero-order valence-corrected chi connectivity index (χ0v) is 12.2. The van der Waals surface area contributed by atoms with E-state index >= 15 is 0 Å². The van der Waals surface area contributed by atoms with Crippen LogP contribution in [0.25, 0.3) is 0 Å². The van der Waals surface area contributed by atoms with E-state index < -0.39 is 0 Å². The normalized spacial score (nSPS) is 33.8. The Morgan fingerprint density at radius 2 is 2.39 bits per heavy atom. The number of hydrogen-bond acceptors (Lipinski definition) is 4. The van der Waals surface area contributed by atoms with E-state index in [0.717, 1.165) is 19.0 Å². The molecular weight excluding hydrogens is 242 g/mol. The number of piperazine rings is 1. The molecule has 0 amide bonds. The topological polar surface area (TPSA) is 28.2 Å². The molecule has 0 bridgehead atoms. The fourth-order valence-electron chi connectivity index (χ4n) is 3.19. The summed E-state index contributed by atoms with van der Waals surface area (Å²) in [5, 5.41) is 5.99. The molecule has 2 unspecified atom stereocenters. The first-order valence-electron chi connectivity index (χ1n) is 7.07. The zero-order valence-electron chi connectivity index (χ0n) is 11.4. The van der Waals surface area contributed by atoms with Crippen LogP contribution in [0.2, 0.25) is 0 Å². The molecule has 1 aliphatic carbocycles. The van der Waals surface area contributed by atoms with E-state index in [1.54, 1.807) is 11.3 Å². The zero-order chi connectivity index (χ0) is 12.6. The molecule has 0 radical (unpaired) electrons. The van der Waals surface area contributed by atoms with Crippen molar-refractivity contribution < 1.29 is 0 Å². The van der Waals surface area contributed by atoms with E-state index in [4.69, 9.17) is 0 Å². The van der Waals surface area contributed by atoms with Crippen molar-refractivity contribution in [1.82, 2.24) is 15.2 Å². The van der Waals surface area contributed by atoms with Crippen LogP contribution in [-0.2, 0) is 6.54 Å². The standard InChI is InChI=1S/C14H23N3S/c1-3-13-6-16-14(2,11-4-5-11)9-17(13)7-12-8-18-10-15-12/h8,10-11,13,16H,3-7,9H2,1-2H3. The highest BCUT2D eigenvalue weighted by molar-refractivity contribution is 7.07. The lowest BCUT2D eigenvalue weighted by Crippen LogP contribution is -2.63. The number of rotatable bonds is 4. The van der Waals surface area contributed by atoms with Gasteiger partial charge < -0.3 is 5.32 Å². The van der Waals surface area contributed by atoms with Gasteiger partial charge in [-0.25, -0.2) is 4.98 Å². The van der Waals surface area contributed by atoms with Crippen LogP contribution in [0, 0.1) is 5.92 Å². The van der Waals surface area contributed by atoms with Crippen LogP contribution >= 0.6 is 11.3 Å². The Morgan fingerprint density at radius 1 is 1.56 bits per heavy atom. The molecule has 100 valence electrons. The second-order valence-electron chi connectivity index (χ2n) is 6.02. The molecule has 18 heavy (non-hydrogen) atoms. The molecule has 1 aromatic heterocycles. The van der Waals surface area contributed by atoms with Gasteiger partial charge in [-0.1, -0.05) is 6.92 Å². The average molecular weight is 265 g/mol. The van der Waals surface area contributed by atoms with Crippen molar-refractivity contribution in [2.24, 2.45) is 5.92 Å². The molecule has 2 aliphatic rings. The van der Waals surface area contributed by atoms with Gasteiger partial charge >= 0.3 is 0 Å². The van der Waals surface area contributed by atoms with Crippen LogP contribution in [0.15, 0.2) is 10.9 Å². The van der Waals surface area contributed by atoms with E-state index in [1.807, 2.05) is 5.51 Å². The molecule has 1 aromatic rings. The Labute approximate surface area is 114 Å². The second kappa shape index (κ2) is 4.91. The van der Waals surface area contributed by atoms with Crippen molar-refractivity contribution in [3.05, 3.63) is 16.6 Å². The molecule has 1 saturated heterocycles. The smallest absolute Gasteiger partial charge is 0.0795 e. The lowest BCUT2D eigenvalue weighted by Gasteiger charge is -2.46. The van der Waals surface area contributed by atoms with Gasteiger partial charge in [-0.3, -0.25) is 4.90 Å². The summed E-state index contributed by atoms with van der Waals surface area (Å²) in [6.45, 7) is 8.03. The summed E-state index contributed by atoms with van der Waals surface area (Å²) in [5.41, 5.74) is 3.51. The number of hydrogen-bond donors (Lipinski definition) is 1. The molecule has 2 atom stereocenters. The Balaban J connectivity index is 1.71. The third-order valence-corrected chi connectivity index (χ3v) is 5.22. The number of aromatic nitrogens is 1. The van der Waals surface area contributed by atoms with Crippen LogP contribution in [-0.4, -0.2) is 34.6 Å². The first-order valence-corrected chi connectivity index (χ1v) is 8.01. The molecule has 1 N–H and O–H groups in total. The van der Waals surface area contributed by atoms with Gasteiger partial charge in [-0.2, -0.15) is 0 Å². The summed E-state index contributed by atoms with van der Waals surface area (Å²) in [7, 11) is 0.